The Labute approximate surface area is 166 Å². The van der Waals surface area contributed by atoms with E-state index < -0.39 is 12.1 Å². The van der Waals surface area contributed by atoms with Crippen LogP contribution in [0.3, 0.4) is 0 Å². The summed E-state index contributed by atoms with van der Waals surface area (Å²) >= 11 is 0. The molecule has 0 atom stereocenters. The molecule has 1 amide bonds. The molecule has 0 unspecified atom stereocenters. The van der Waals surface area contributed by atoms with Crippen LogP contribution in [0, 0.1) is 12.8 Å². The van der Waals surface area contributed by atoms with E-state index in [9.17, 15) is 18.0 Å². The number of aromatic nitrogens is 1. The second kappa shape index (κ2) is 7.46. The number of anilines is 4. The van der Waals surface area contributed by atoms with E-state index in [1.807, 2.05) is 24.0 Å². The largest absolute Gasteiger partial charge is 0.482 e. The van der Waals surface area contributed by atoms with Gasteiger partial charge >= 0.3 is 6.18 Å². The van der Waals surface area contributed by atoms with E-state index >= 15 is 0 Å². The molecule has 2 aliphatic heterocycles. The Balaban J connectivity index is 1.44. The summed E-state index contributed by atoms with van der Waals surface area (Å²) < 4.78 is 44.0. The summed E-state index contributed by atoms with van der Waals surface area (Å²) in [6.07, 6.45) is -2.27. The van der Waals surface area contributed by atoms with E-state index in [1.165, 1.54) is 0 Å². The molecule has 1 aromatic heterocycles. The maximum atomic E-state index is 12.9. The van der Waals surface area contributed by atoms with Crippen LogP contribution in [-0.2, 0) is 4.79 Å². The first-order valence-corrected chi connectivity index (χ1v) is 9.41. The summed E-state index contributed by atoms with van der Waals surface area (Å²) in [5.74, 6) is -0.111. The lowest BCUT2D eigenvalue weighted by Gasteiger charge is -2.34. The Morgan fingerprint density at radius 2 is 1.97 bits per heavy atom. The van der Waals surface area contributed by atoms with Gasteiger partial charge in [0.1, 0.15) is 11.6 Å². The number of fused-ring (bicyclic) bond motifs is 1. The number of aryl methyl sites for hydroxylation is 1. The molecule has 0 bridgehead atoms. The van der Waals surface area contributed by atoms with Gasteiger partial charge in [0.2, 0.25) is 0 Å². The molecule has 1 saturated heterocycles. The molecule has 2 aliphatic rings. The van der Waals surface area contributed by atoms with Gasteiger partial charge < -0.3 is 20.3 Å². The first-order chi connectivity index (χ1) is 13.8. The smallest absolute Gasteiger partial charge is 0.391 e. The summed E-state index contributed by atoms with van der Waals surface area (Å²) in [5.41, 5.74) is 3.05. The van der Waals surface area contributed by atoms with Gasteiger partial charge in [-0.3, -0.25) is 4.79 Å². The van der Waals surface area contributed by atoms with E-state index in [0.29, 0.717) is 30.3 Å². The molecule has 1 aromatic carbocycles. The van der Waals surface area contributed by atoms with Crippen molar-refractivity contribution in [1.29, 1.82) is 0 Å². The number of ether oxygens (including phenoxy) is 1. The normalized spacial score (nSPS) is 17.4. The fraction of sp³-hybridized carbons (Fsp3) is 0.400. The monoisotopic (exact) mass is 406 g/mol. The number of rotatable bonds is 3. The van der Waals surface area contributed by atoms with Crippen molar-refractivity contribution in [3.8, 4) is 5.75 Å². The first kappa shape index (κ1) is 19.4. The fourth-order valence-electron chi connectivity index (χ4n) is 3.70. The van der Waals surface area contributed by atoms with Gasteiger partial charge in [0.25, 0.3) is 5.91 Å². The quantitative estimate of drug-likeness (QED) is 0.798. The summed E-state index contributed by atoms with van der Waals surface area (Å²) in [7, 11) is 0. The number of alkyl halides is 3. The van der Waals surface area contributed by atoms with Crippen LogP contribution >= 0.6 is 0 Å². The zero-order valence-electron chi connectivity index (χ0n) is 15.8. The molecule has 3 heterocycles. The molecule has 0 spiro atoms. The van der Waals surface area contributed by atoms with E-state index in [1.54, 1.807) is 18.3 Å². The Bertz CT molecular complexity index is 924. The van der Waals surface area contributed by atoms with Crippen molar-refractivity contribution in [3.05, 3.63) is 36.0 Å². The lowest BCUT2D eigenvalue weighted by atomic mass is 9.96. The summed E-state index contributed by atoms with van der Waals surface area (Å²) in [6, 6.07) is 7.29. The molecule has 4 rings (SSSR count). The number of hydrogen-bond donors (Lipinski definition) is 2. The van der Waals surface area contributed by atoms with Crippen LogP contribution < -0.4 is 20.3 Å². The molecule has 29 heavy (non-hydrogen) atoms. The molecular formula is C20H21F3N4O2. The highest BCUT2D eigenvalue weighted by atomic mass is 19.4. The van der Waals surface area contributed by atoms with Crippen molar-refractivity contribution in [3.63, 3.8) is 0 Å². The van der Waals surface area contributed by atoms with Gasteiger partial charge in [-0.05, 0) is 43.5 Å². The van der Waals surface area contributed by atoms with Crippen LogP contribution in [-0.4, -0.2) is 36.8 Å². The zero-order chi connectivity index (χ0) is 20.6. The average molecular weight is 406 g/mol. The molecule has 9 heteroatoms. The zero-order valence-corrected chi connectivity index (χ0v) is 15.8. The number of amides is 1. The van der Waals surface area contributed by atoms with Crippen molar-refractivity contribution < 1.29 is 22.7 Å². The maximum Gasteiger partial charge on any atom is 0.391 e. The van der Waals surface area contributed by atoms with E-state index in [0.717, 1.165) is 16.9 Å². The minimum atomic E-state index is -4.12. The molecule has 6 nitrogen and oxygen atoms in total. The Kier molecular flexibility index (Phi) is 4.97. The number of pyridine rings is 1. The van der Waals surface area contributed by atoms with Gasteiger partial charge in [-0.25, -0.2) is 4.98 Å². The van der Waals surface area contributed by atoms with Crippen LogP contribution in [0.15, 0.2) is 30.5 Å². The van der Waals surface area contributed by atoms with Gasteiger partial charge in [0, 0.05) is 24.8 Å². The highest BCUT2D eigenvalue weighted by molar-refractivity contribution is 5.95. The second-order valence-corrected chi connectivity index (χ2v) is 7.34. The molecule has 0 saturated carbocycles. The Morgan fingerprint density at radius 3 is 2.66 bits per heavy atom. The predicted molar refractivity (Wildman–Crippen MR) is 104 cm³/mol. The molecular weight excluding hydrogens is 385 g/mol. The van der Waals surface area contributed by atoms with Crippen molar-refractivity contribution >= 4 is 28.8 Å². The number of carbonyl (C=O) groups excluding carboxylic acids is 1. The third-order valence-electron chi connectivity index (χ3n) is 5.21. The van der Waals surface area contributed by atoms with Gasteiger partial charge in [0.15, 0.2) is 6.61 Å². The number of piperidine rings is 1. The molecule has 2 N–H and O–H groups in total. The van der Waals surface area contributed by atoms with Crippen molar-refractivity contribution in [2.24, 2.45) is 5.92 Å². The fourth-order valence-corrected chi connectivity index (χ4v) is 3.70. The van der Waals surface area contributed by atoms with Gasteiger partial charge in [0.05, 0.1) is 23.5 Å². The SMILES string of the molecule is Cc1cc(Nc2ccc3c(c2)OCC(=O)N3)cnc1N1CCC(C(F)(F)F)CC1. The minimum Gasteiger partial charge on any atom is -0.482 e. The topological polar surface area (TPSA) is 66.5 Å². The number of hydrogen-bond acceptors (Lipinski definition) is 5. The third-order valence-corrected chi connectivity index (χ3v) is 5.21. The van der Waals surface area contributed by atoms with Crippen LogP contribution in [0.4, 0.5) is 36.1 Å². The van der Waals surface area contributed by atoms with E-state index in [2.05, 4.69) is 15.6 Å². The number of halogens is 3. The van der Waals surface area contributed by atoms with Crippen LogP contribution in [0.1, 0.15) is 18.4 Å². The predicted octanol–water partition coefficient (Wildman–Crippen LogP) is 4.24. The lowest BCUT2D eigenvalue weighted by Crippen LogP contribution is -2.39. The molecule has 1 fully saturated rings. The third kappa shape index (κ3) is 4.23. The molecule has 0 radical (unpaired) electrons. The van der Waals surface area contributed by atoms with Gasteiger partial charge in [-0.15, -0.1) is 0 Å². The number of benzene rings is 1. The van der Waals surface area contributed by atoms with Crippen LogP contribution in [0.5, 0.6) is 5.75 Å². The van der Waals surface area contributed by atoms with E-state index in [4.69, 9.17) is 4.74 Å². The van der Waals surface area contributed by atoms with Crippen molar-refractivity contribution in [2.45, 2.75) is 25.9 Å². The maximum absolute atomic E-state index is 12.9. The minimum absolute atomic E-state index is 0.0170. The number of nitrogens with zero attached hydrogens (tertiary/aromatic N) is 2. The highest BCUT2D eigenvalue weighted by Gasteiger charge is 2.41. The van der Waals surface area contributed by atoms with Gasteiger partial charge in [-0.1, -0.05) is 0 Å². The highest BCUT2D eigenvalue weighted by Crippen LogP contribution is 2.36. The molecule has 0 aliphatic carbocycles. The standard InChI is InChI=1S/C20H21F3N4O2/c1-12-8-15(25-14-2-3-16-17(9-14)29-11-18(28)26-16)10-24-19(12)27-6-4-13(5-7-27)20(21,22)23/h2-3,8-10,13,25H,4-7,11H2,1H3,(H,26,28). The second-order valence-electron chi connectivity index (χ2n) is 7.34. The summed E-state index contributed by atoms with van der Waals surface area (Å²) in [6.45, 7) is 2.57. The Morgan fingerprint density at radius 1 is 1.21 bits per heavy atom. The van der Waals surface area contributed by atoms with Gasteiger partial charge in [-0.2, -0.15) is 13.2 Å². The van der Waals surface area contributed by atoms with Crippen molar-refractivity contribution in [1.82, 2.24) is 4.98 Å². The van der Waals surface area contributed by atoms with Crippen molar-refractivity contribution in [2.75, 3.05) is 35.2 Å². The number of nitrogens with one attached hydrogen (secondary N) is 2. The average Bonchev–Trinajstić information content (AvgIpc) is 2.68. The molecule has 154 valence electrons. The van der Waals surface area contributed by atoms with Crippen LogP contribution in [0.25, 0.3) is 0 Å². The molecule has 2 aromatic rings. The lowest BCUT2D eigenvalue weighted by molar-refractivity contribution is -0.179. The van der Waals surface area contributed by atoms with Crippen LogP contribution in [0.2, 0.25) is 0 Å². The first-order valence-electron chi connectivity index (χ1n) is 9.41. The Hall–Kier alpha value is -2.97. The number of carbonyl (C=O) groups is 1. The van der Waals surface area contributed by atoms with E-state index in [-0.39, 0.29) is 25.4 Å². The summed E-state index contributed by atoms with van der Waals surface area (Å²) in [5, 5.41) is 5.98. The summed E-state index contributed by atoms with van der Waals surface area (Å²) in [4.78, 5) is 17.7.